The summed E-state index contributed by atoms with van der Waals surface area (Å²) in [4.78, 5) is 31.0. The van der Waals surface area contributed by atoms with Crippen LogP contribution in [0.25, 0.3) is 10.2 Å². The van der Waals surface area contributed by atoms with Gasteiger partial charge in [0, 0.05) is 13.1 Å². The number of nitrogens with zero attached hydrogens (tertiary/aromatic N) is 1. The third-order valence-corrected chi connectivity index (χ3v) is 8.74. The molecule has 0 aliphatic rings. The van der Waals surface area contributed by atoms with Crippen LogP contribution in [0.15, 0.2) is 9.21 Å². The molecule has 2 aromatic rings. The minimum absolute atomic E-state index is 0.119. The molecule has 39 heavy (non-hydrogen) atoms. The molecule has 1 amide bonds. The molecule has 2 heterocycles. The van der Waals surface area contributed by atoms with Gasteiger partial charge in [0.25, 0.3) is 11.9 Å². The van der Waals surface area contributed by atoms with Gasteiger partial charge in [-0.05, 0) is 25.3 Å². The minimum atomic E-state index is -0.426. The van der Waals surface area contributed by atoms with Crippen LogP contribution in [0.5, 0.6) is 0 Å². The fourth-order valence-corrected chi connectivity index (χ4v) is 6.15. The molecule has 0 unspecified atom stereocenters. The second-order valence-electron chi connectivity index (χ2n) is 11.1. The van der Waals surface area contributed by atoms with E-state index < -0.39 is 5.63 Å². The van der Waals surface area contributed by atoms with Crippen molar-refractivity contribution < 1.29 is 9.21 Å². The maximum absolute atomic E-state index is 12.8. The molecular formula is C32H55N3O3S. The highest BCUT2D eigenvalue weighted by Crippen LogP contribution is 2.28. The lowest BCUT2D eigenvalue weighted by Crippen LogP contribution is -2.24. The smallest absolute Gasteiger partial charge is 0.349 e. The fourth-order valence-electron chi connectivity index (χ4n) is 5.07. The van der Waals surface area contributed by atoms with Crippen LogP contribution in [0.4, 0.5) is 6.01 Å². The summed E-state index contributed by atoms with van der Waals surface area (Å²) >= 11 is 1.28. The van der Waals surface area contributed by atoms with E-state index in [9.17, 15) is 9.59 Å². The number of aromatic nitrogens is 1. The van der Waals surface area contributed by atoms with Gasteiger partial charge in [-0.2, -0.15) is 4.98 Å². The van der Waals surface area contributed by atoms with E-state index in [-0.39, 0.29) is 11.9 Å². The monoisotopic (exact) mass is 561 g/mol. The Hall–Kier alpha value is -1.89. The second kappa shape index (κ2) is 20.9. The van der Waals surface area contributed by atoms with E-state index in [0.717, 1.165) is 32.2 Å². The molecule has 0 aliphatic heterocycles. The minimum Gasteiger partial charge on any atom is -0.389 e. The van der Waals surface area contributed by atoms with Gasteiger partial charge in [0.15, 0.2) is 0 Å². The summed E-state index contributed by atoms with van der Waals surface area (Å²) in [6, 6.07) is 0.247. The Bertz CT molecular complexity index is 985. The molecular weight excluding hydrogens is 506 g/mol. The van der Waals surface area contributed by atoms with Crippen LogP contribution >= 0.6 is 11.3 Å². The number of rotatable bonds is 24. The first kappa shape index (κ1) is 33.3. The van der Waals surface area contributed by atoms with Gasteiger partial charge in [-0.25, -0.2) is 4.79 Å². The van der Waals surface area contributed by atoms with E-state index in [4.69, 9.17) is 4.42 Å². The summed E-state index contributed by atoms with van der Waals surface area (Å²) in [5.74, 6) is -0.119. The zero-order chi connectivity index (χ0) is 28.1. The topological polar surface area (TPSA) is 84.2 Å². The maximum atomic E-state index is 12.8. The number of nitrogens with one attached hydrogen (secondary N) is 2. The standard InChI is InChI=1S/C32H55N3O3S/c1-4-6-8-10-12-13-14-15-16-17-18-19-21-22-24-33-29(36)28-26(3)27-30(39-28)35-32(38-31(27)37)34-25-23-20-11-9-7-5-2/h4-25H2,1-3H3,(H,33,36)(H,34,35). The second-order valence-corrected chi connectivity index (χ2v) is 12.1. The van der Waals surface area contributed by atoms with Crippen LogP contribution in [-0.2, 0) is 0 Å². The van der Waals surface area contributed by atoms with Crippen LogP contribution < -0.4 is 16.3 Å². The molecule has 0 saturated heterocycles. The summed E-state index contributed by atoms with van der Waals surface area (Å²) in [7, 11) is 0. The van der Waals surface area contributed by atoms with Crippen molar-refractivity contribution in [3.05, 3.63) is 20.9 Å². The highest BCUT2D eigenvalue weighted by Gasteiger charge is 2.20. The van der Waals surface area contributed by atoms with Crippen molar-refractivity contribution >= 4 is 33.5 Å². The molecule has 0 aromatic carbocycles. The molecule has 7 heteroatoms. The Morgan fingerprint density at radius 2 is 1.18 bits per heavy atom. The molecule has 6 nitrogen and oxygen atoms in total. The van der Waals surface area contributed by atoms with Crippen molar-refractivity contribution in [3.63, 3.8) is 0 Å². The van der Waals surface area contributed by atoms with Crippen molar-refractivity contribution in [2.24, 2.45) is 0 Å². The molecule has 2 rings (SSSR count). The number of hydrogen-bond acceptors (Lipinski definition) is 6. The molecule has 0 spiro atoms. The van der Waals surface area contributed by atoms with Crippen molar-refractivity contribution in [2.75, 3.05) is 18.4 Å². The van der Waals surface area contributed by atoms with Gasteiger partial charge in [0.05, 0.1) is 4.88 Å². The van der Waals surface area contributed by atoms with Gasteiger partial charge in [-0.15, -0.1) is 11.3 Å². The summed E-state index contributed by atoms with van der Waals surface area (Å²) in [6.07, 6.45) is 25.7. The van der Waals surface area contributed by atoms with Gasteiger partial charge in [-0.1, -0.05) is 129 Å². The number of amides is 1. The van der Waals surface area contributed by atoms with Crippen LogP contribution in [0, 0.1) is 6.92 Å². The highest BCUT2D eigenvalue weighted by atomic mass is 32.1. The third-order valence-electron chi connectivity index (χ3n) is 7.55. The van der Waals surface area contributed by atoms with Gasteiger partial charge < -0.3 is 15.1 Å². The number of unbranched alkanes of at least 4 members (excludes halogenated alkanes) is 18. The third kappa shape index (κ3) is 13.3. The predicted molar refractivity (Wildman–Crippen MR) is 167 cm³/mol. The number of carbonyl (C=O) groups is 1. The first-order valence-corrected chi connectivity index (χ1v) is 16.9. The Morgan fingerprint density at radius 1 is 0.718 bits per heavy atom. The Morgan fingerprint density at radius 3 is 1.69 bits per heavy atom. The highest BCUT2D eigenvalue weighted by molar-refractivity contribution is 7.20. The predicted octanol–water partition coefficient (Wildman–Crippen LogP) is 9.54. The Kier molecular flexibility index (Phi) is 17.9. The van der Waals surface area contributed by atoms with Crippen molar-refractivity contribution in [1.82, 2.24) is 10.3 Å². The molecule has 0 bridgehead atoms. The molecule has 0 aliphatic carbocycles. The average Bonchev–Trinajstić information content (AvgIpc) is 3.26. The number of anilines is 1. The summed E-state index contributed by atoms with van der Waals surface area (Å²) in [5, 5.41) is 6.60. The molecule has 0 radical (unpaired) electrons. The zero-order valence-electron chi connectivity index (χ0n) is 25.1. The van der Waals surface area contributed by atoms with Crippen molar-refractivity contribution in [1.29, 1.82) is 0 Å². The van der Waals surface area contributed by atoms with Crippen molar-refractivity contribution in [2.45, 2.75) is 149 Å². The van der Waals surface area contributed by atoms with E-state index in [1.54, 1.807) is 0 Å². The quantitative estimate of drug-likeness (QED) is 0.125. The molecule has 0 saturated carbocycles. The lowest BCUT2D eigenvalue weighted by molar-refractivity contribution is 0.0956. The number of fused-ring (bicyclic) bond motifs is 1. The van der Waals surface area contributed by atoms with Crippen LogP contribution in [0.1, 0.15) is 157 Å². The van der Waals surface area contributed by atoms with Gasteiger partial charge in [0.2, 0.25) is 0 Å². The maximum Gasteiger partial charge on any atom is 0.349 e. The van der Waals surface area contributed by atoms with E-state index >= 15 is 0 Å². The fraction of sp³-hybridized carbons (Fsp3) is 0.781. The van der Waals surface area contributed by atoms with Gasteiger partial charge in [-0.3, -0.25) is 4.79 Å². The summed E-state index contributed by atoms with van der Waals surface area (Å²) < 4.78 is 5.40. The molecule has 0 fully saturated rings. The van der Waals surface area contributed by atoms with E-state index in [1.165, 1.54) is 114 Å². The number of carbonyl (C=O) groups excluding carboxylic acids is 1. The first-order chi connectivity index (χ1) is 19.1. The Labute approximate surface area is 241 Å². The Balaban J connectivity index is 1.61. The van der Waals surface area contributed by atoms with Gasteiger partial charge >= 0.3 is 5.63 Å². The number of aryl methyl sites for hydroxylation is 1. The molecule has 222 valence electrons. The molecule has 2 aromatic heterocycles. The van der Waals surface area contributed by atoms with Gasteiger partial charge in [0.1, 0.15) is 10.2 Å². The molecule has 0 atom stereocenters. The van der Waals surface area contributed by atoms with E-state index in [2.05, 4.69) is 29.5 Å². The SMILES string of the molecule is CCCCCCCCCCCCCCCCNC(=O)c1sc2nc(NCCCCCCCC)oc(=O)c2c1C. The number of thiophene rings is 1. The lowest BCUT2D eigenvalue weighted by Gasteiger charge is -2.05. The van der Waals surface area contributed by atoms with Crippen LogP contribution in [0.2, 0.25) is 0 Å². The average molecular weight is 562 g/mol. The van der Waals surface area contributed by atoms with Crippen molar-refractivity contribution in [3.8, 4) is 0 Å². The first-order valence-electron chi connectivity index (χ1n) is 16.0. The molecule has 2 N–H and O–H groups in total. The van der Waals surface area contributed by atoms with E-state index in [0.29, 0.717) is 27.2 Å². The van der Waals surface area contributed by atoms with Crippen LogP contribution in [-0.4, -0.2) is 24.0 Å². The lowest BCUT2D eigenvalue weighted by atomic mass is 10.0. The summed E-state index contributed by atoms with van der Waals surface area (Å²) in [6.45, 7) is 7.69. The number of hydrogen-bond donors (Lipinski definition) is 2. The zero-order valence-corrected chi connectivity index (χ0v) is 26.0. The normalized spacial score (nSPS) is 11.4. The largest absolute Gasteiger partial charge is 0.389 e. The van der Waals surface area contributed by atoms with Crippen LogP contribution in [0.3, 0.4) is 0 Å². The van der Waals surface area contributed by atoms with E-state index in [1.807, 2.05) is 6.92 Å². The summed E-state index contributed by atoms with van der Waals surface area (Å²) in [5.41, 5.74) is 0.238.